The van der Waals surface area contributed by atoms with Crippen LogP contribution in [0.5, 0.6) is 5.75 Å². The van der Waals surface area contributed by atoms with E-state index in [1.165, 1.54) is 0 Å². The minimum atomic E-state index is -0.510. The van der Waals surface area contributed by atoms with Gasteiger partial charge in [-0.15, -0.1) is 0 Å². The van der Waals surface area contributed by atoms with Crippen LogP contribution in [0.25, 0.3) is 11.3 Å². The van der Waals surface area contributed by atoms with Crippen molar-refractivity contribution in [2.75, 3.05) is 33.9 Å². The number of piperidine rings is 1. The maximum atomic E-state index is 13.0. The summed E-state index contributed by atoms with van der Waals surface area (Å²) in [5.41, 5.74) is 0.890. The summed E-state index contributed by atoms with van der Waals surface area (Å²) in [6.45, 7) is 1.35. The van der Waals surface area contributed by atoms with E-state index < -0.39 is 6.04 Å². The minimum Gasteiger partial charge on any atom is -0.496 e. The first kappa shape index (κ1) is 19.9. The number of hydrogen-bond donors (Lipinski definition) is 1. The van der Waals surface area contributed by atoms with Crippen LogP contribution in [0.1, 0.15) is 29.8 Å². The van der Waals surface area contributed by atoms with Crippen molar-refractivity contribution >= 4 is 11.8 Å². The lowest BCUT2D eigenvalue weighted by molar-refractivity contribution is -0.126. The molecule has 1 aromatic carbocycles. The fourth-order valence-corrected chi connectivity index (χ4v) is 3.34. The monoisotopic (exact) mass is 387 g/mol. The molecule has 2 aromatic rings. The van der Waals surface area contributed by atoms with Crippen LogP contribution in [-0.2, 0) is 9.53 Å². The molecule has 0 aliphatic carbocycles. The molecule has 150 valence electrons. The van der Waals surface area contributed by atoms with Crippen molar-refractivity contribution in [3.8, 4) is 17.1 Å². The van der Waals surface area contributed by atoms with Gasteiger partial charge in [-0.1, -0.05) is 17.3 Å². The maximum absolute atomic E-state index is 13.0. The van der Waals surface area contributed by atoms with Gasteiger partial charge in [-0.25, -0.2) is 0 Å². The Balaban J connectivity index is 1.76. The van der Waals surface area contributed by atoms with E-state index in [0.29, 0.717) is 43.2 Å². The molecule has 1 fully saturated rings. The highest BCUT2D eigenvalue weighted by molar-refractivity contribution is 5.97. The van der Waals surface area contributed by atoms with E-state index in [0.717, 1.165) is 12.8 Å². The van der Waals surface area contributed by atoms with Crippen molar-refractivity contribution in [1.29, 1.82) is 0 Å². The first-order chi connectivity index (χ1) is 13.7. The fourth-order valence-electron chi connectivity index (χ4n) is 3.34. The molecule has 0 bridgehead atoms. The lowest BCUT2D eigenvalue weighted by Gasteiger charge is -2.34. The van der Waals surface area contributed by atoms with Crippen LogP contribution in [0.2, 0.25) is 0 Å². The van der Waals surface area contributed by atoms with Crippen LogP contribution in [0.4, 0.5) is 0 Å². The summed E-state index contributed by atoms with van der Waals surface area (Å²) in [4.78, 5) is 27.1. The Morgan fingerprint density at radius 1 is 1.29 bits per heavy atom. The largest absolute Gasteiger partial charge is 0.496 e. The standard InChI is InChI=1S/C20H25N3O5/c1-26-12-10-21-19(24)16-8-5-6-11-23(16)20(25)15-13-18(28-22-15)14-7-3-4-9-17(14)27-2/h3-4,7,9,13,16H,5-6,8,10-12H2,1-2H3,(H,21,24)/t16-/m1/s1. The van der Waals surface area contributed by atoms with Crippen molar-refractivity contribution in [3.05, 3.63) is 36.0 Å². The Kier molecular flexibility index (Phi) is 6.65. The average Bonchev–Trinajstić information content (AvgIpc) is 3.23. The number of ether oxygens (including phenoxy) is 2. The number of amides is 2. The Morgan fingerprint density at radius 3 is 2.89 bits per heavy atom. The molecule has 3 rings (SSSR count). The second-order valence-electron chi connectivity index (χ2n) is 6.57. The summed E-state index contributed by atoms with van der Waals surface area (Å²) >= 11 is 0. The van der Waals surface area contributed by atoms with Gasteiger partial charge in [0.25, 0.3) is 5.91 Å². The zero-order valence-corrected chi connectivity index (χ0v) is 16.1. The van der Waals surface area contributed by atoms with E-state index in [4.69, 9.17) is 14.0 Å². The minimum absolute atomic E-state index is 0.168. The summed E-state index contributed by atoms with van der Waals surface area (Å²) in [7, 11) is 3.15. The number of benzene rings is 1. The van der Waals surface area contributed by atoms with Crippen LogP contribution in [0.3, 0.4) is 0 Å². The third-order valence-corrected chi connectivity index (χ3v) is 4.77. The topological polar surface area (TPSA) is 93.9 Å². The number of nitrogens with one attached hydrogen (secondary N) is 1. The lowest BCUT2D eigenvalue weighted by Crippen LogP contribution is -2.52. The van der Waals surface area contributed by atoms with Gasteiger partial charge in [0.1, 0.15) is 11.8 Å². The molecule has 0 radical (unpaired) electrons. The zero-order chi connectivity index (χ0) is 19.9. The van der Waals surface area contributed by atoms with Crippen LogP contribution in [0, 0.1) is 0 Å². The maximum Gasteiger partial charge on any atom is 0.276 e. The Bertz CT molecular complexity index is 820. The predicted octanol–water partition coefficient (Wildman–Crippen LogP) is 2.11. The summed E-state index contributed by atoms with van der Waals surface area (Å²) in [6.07, 6.45) is 2.38. The molecule has 0 saturated carbocycles. The van der Waals surface area contributed by atoms with E-state index in [2.05, 4.69) is 10.5 Å². The number of aromatic nitrogens is 1. The van der Waals surface area contributed by atoms with Crippen LogP contribution in [0.15, 0.2) is 34.9 Å². The molecule has 1 saturated heterocycles. The highest BCUT2D eigenvalue weighted by atomic mass is 16.5. The van der Waals surface area contributed by atoms with E-state index >= 15 is 0 Å². The van der Waals surface area contributed by atoms with Gasteiger partial charge in [-0.3, -0.25) is 9.59 Å². The summed E-state index contributed by atoms with van der Waals surface area (Å²) in [5, 5.41) is 6.76. The molecule has 8 nitrogen and oxygen atoms in total. The molecule has 1 aromatic heterocycles. The average molecular weight is 387 g/mol. The highest BCUT2D eigenvalue weighted by Gasteiger charge is 2.34. The molecule has 8 heteroatoms. The van der Waals surface area contributed by atoms with Crippen LogP contribution in [-0.4, -0.2) is 61.8 Å². The van der Waals surface area contributed by atoms with E-state index in [9.17, 15) is 9.59 Å². The van der Waals surface area contributed by atoms with Gasteiger partial charge in [-0.2, -0.15) is 0 Å². The Hall–Kier alpha value is -2.87. The summed E-state index contributed by atoms with van der Waals surface area (Å²) in [5.74, 6) is 0.597. The molecule has 28 heavy (non-hydrogen) atoms. The lowest BCUT2D eigenvalue weighted by atomic mass is 10.0. The van der Waals surface area contributed by atoms with Gasteiger partial charge in [0.15, 0.2) is 11.5 Å². The van der Waals surface area contributed by atoms with E-state index in [1.54, 1.807) is 25.2 Å². The van der Waals surface area contributed by atoms with Gasteiger partial charge >= 0.3 is 0 Å². The third kappa shape index (κ3) is 4.33. The number of carbonyl (C=O) groups is 2. The molecule has 1 atom stereocenters. The van der Waals surface area contributed by atoms with Gasteiger partial charge in [0, 0.05) is 26.3 Å². The van der Waals surface area contributed by atoms with Crippen molar-refractivity contribution in [1.82, 2.24) is 15.4 Å². The smallest absolute Gasteiger partial charge is 0.276 e. The Labute approximate surface area is 163 Å². The quantitative estimate of drug-likeness (QED) is 0.732. The van der Waals surface area contributed by atoms with Crippen molar-refractivity contribution in [2.24, 2.45) is 0 Å². The second kappa shape index (κ2) is 9.36. The number of hydrogen-bond acceptors (Lipinski definition) is 6. The molecule has 1 N–H and O–H groups in total. The number of carbonyl (C=O) groups excluding carboxylic acids is 2. The number of para-hydroxylation sites is 1. The molecular formula is C20H25N3O5. The summed E-state index contributed by atoms with van der Waals surface area (Å²) < 4.78 is 15.7. The number of methoxy groups -OCH3 is 2. The first-order valence-corrected chi connectivity index (χ1v) is 9.33. The summed E-state index contributed by atoms with van der Waals surface area (Å²) in [6, 6.07) is 8.43. The number of likely N-dealkylation sites (tertiary alicyclic amines) is 1. The number of nitrogens with zero attached hydrogens (tertiary/aromatic N) is 2. The first-order valence-electron chi connectivity index (χ1n) is 9.33. The Morgan fingerprint density at radius 2 is 2.11 bits per heavy atom. The predicted molar refractivity (Wildman–Crippen MR) is 102 cm³/mol. The molecule has 2 amide bonds. The van der Waals surface area contributed by atoms with E-state index in [-0.39, 0.29) is 17.5 Å². The molecule has 1 aliphatic heterocycles. The van der Waals surface area contributed by atoms with Crippen molar-refractivity contribution in [2.45, 2.75) is 25.3 Å². The molecule has 1 aliphatic rings. The van der Waals surface area contributed by atoms with Crippen LogP contribution >= 0.6 is 0 Å². The van der Waals surface area contributed by atoms with Gasteiger partial charge in [0.2, 0.25) is 5.91 Å². The third-order valence-electron chi connectivity index (χ3n) is 4.77. The fraction of sp³-hybridized carbons (Fsp3) is 0.450. The molecule has 0 unspecified atom stereocenters. The second-order valence-corrected chi connectivity index (χ2v) is 6.57. The van der Waals surface area contributed by atoms with Crippen LogP contribution < -0.4 is 10.1 Å². The molecular weight excluding hydrogens is 362 g/mol. The van der Waals surface area contributed by atoms with Gasteiger partial charge in [-0.05, 0) is 31.4 Å². The normalized spacial score (nSPS) is 16.6. The number of rotatable bonds is 7. The SMILES string of the molecule is COCCNC(=O)[C@H]1CCCCN1C(=O)c1cc(-c2ccccc2OC)on1. The highest BCUT2D eigenvalue weighted by Crippen LogP contribution is 2.30. The van der Waals surface area contributed by atoms with Crippen molar-refractivity contribution in [3.63, 3.8) is 0 Å². The van der Waals surface area contributed by atoms with Gasteiger partial charge in [0.05, 0.1) is 19.3 Å². The van der Waals surface area contributed by atoms with E-state index in [1.807, 2.05) is 24.3 Å². The van der Waals surface area contributed by atoms with Crippen molar-refractivity contribution < 1.29 is 23.6 Å². The molecule has 2 heterocycles. The zero-order valence-electron chi connectivity index (χ0n) is 16.1. The van der Waals surface area contributed by atoms with Gasteiger partial charge < -0.3 is 24.2 Å². The molecule has 0 spiro atoms.